The van der Waals surface area contributed by atoms with Gasteiger partial charge in [0, 0.05) is 32.4 Å². The average Bonchev–Trinajstić information content (AvgIpc) is 3.14. The Bertz CT molecular complexity index is 593. The van der Waals surface area contributed by atoms with Gasteiger partial charge >= 0.3 is 5.97 Å². The Morgan fingerprint density at radius 2 is 2.10 bits per heavy atom. The fourth-order valence-corrected chi connectivity index (χ4v) is 3.57. The maximum atomic E-state index is 12.3. The number of amides is 1. The number of aromatic nitrogens is 2. The van der Waals surface area contributed by atoms with E-state index >= 15 is 0 Å². The Hall–Kier alpha value is -2.11. The number of nitrogens with one attached hydrogen (secondary N) is 1. The SMILES string of the molecule is Cn1ccnc1CCNC(=O)C1C2C=CC(C2)C1C(=O)O. The minimum atomic E-state index is -0.865. The molecule has 4 atom stereocenters. The first-order chi connectivity index (χ1) is 10.1. The van der Waals surface area contributed by atoms with E-state index in [0.29, 0.717) is 13.0 Å². The summed E-state index contributed by atoms with van der Waals surface area (Å²) in [5.41, 5.74) is 0. The maximum Gasteiger partial charge on any atom is 0.307 e. The smallest absolute Gasteiger partial charge is 0.307 e. The zero-order valence-corrected chi connectivity index (χ0v) is 11.9. The minimum Gasteiger partial charge on any atom is -0.481 e. The molecule has 4 unspecified atom stereocenters. The van der Waals surface area contributed by atoms with Crippen molar-refractivity contribution in [1.82, 2.24) is 14.9 Å². The highest BCUT2D eigenvalue weighted by Gasteiger charge is 2.51. The van der Waals surface area contributed by atoms with Crippen LogP contribution in [0.2, 0.25) is 0 Å². The highest BCUT2D eigenvalue weighted by atomic mass is 16.4. The molecule has 1 saturated carbocycles. The second kappa shape index (κ2) is 5.35. The maximum absolute atomic E-state index is 12.3. The molecule has 1 fully saturated rings. The molecule has 3 rings (SSSR count). The fourth-order valence-electron chi connectivity index (χ4n) is 3.57. The van der Waals surface area contributed by atoms with E-state index in [4.69, 9.17) is 0 Å². The Morgan fingerprint density at radius 1 is 1.38 bits per heavy atom. The van der Waals surface area contributed by atoms with Crippen LogP contribution in [-0.2, 0) is 23.1 Å². The van der Waals surface area contributed by atoms with Gasteiger partial charge in [0.1, 0.15) is 5.82 Å². The number of imidazole rings is 1. The third-order valence-corrected chi connectivity index (χ3v) is 4.62. The van der Waals surface area contributed by atoms with Gasteiger partial charge < -0.3 is 15.0 Å². The summed E-state index contributed by atoms with van der Waals surface area (Å²) in [4.78, 5) is 27.9. The lowest BCUT2D eigenvalue weighted by Gasteiger charge is -2.23. The second-order valence-corrected chi connectivity index (χ2v) is 5.83. The van der Waals surface area contributed by atoms with Gasteiger partial charge in [-0.3, -0.25) is 9.59 Å². The van der Waals surface area contributed by atoms with E-state index in [9.17, 15) is 14.7 Å². The summed E-state index contributed by atoms with van der Waals surface area (Å²) in [6.45, 7) is 0.480. The summed E-state index contributed by atoms with van der Waals surface area (Å²) in [5, 5.41) is 12.2. The van der Waals surface area contributed by atoms with E-state index in [0.717, 1.165) is 12.2 Å². The van der Waals surface area contributed by atoms with Crippen molar-refractivity contribution in [2.24, 2.45) is 30.7 Å². The predicted molar refractivity (Wildman–Crippen MR) is 75.3 cm³/mol. The molecule has 0 spiro atoms. The zero-order valence-electron chi connectivity index (χ0n) is 11.9. The van der Waals surface area contributed by atoms with E-state index in [1.165, 1.54) is 0 Å². The summed E-state index contributed by atoms with van der Waals surface area (Å²) < 4.78 is 1.91. The van der Waals surface area contributed by atoms with Gasteiger partial charge in [0.15, 0.2) is 0 Å². The Kier molecular flexibility index (Phi) is 3.53. The Balaban J connectivity index is 1.59. The van der Waals surface area contributed by atoms with Gasteiger partial charge in [0.05, 0.1) is 11.8 Å². The number of aliphatic carboxylic acids is 1. The zero-order chi connectivity index (χ0) is 15.0. The van der Waals surface area contributed by atoms with Crippen molar-refractivity contribution in [2.45, 2.75) is 12.8 Å². The summed E-state index contributed by atoms with van der Waals surface area (Å²) >= 11 is 0. The van der Waals surface area contributed by atoms with Crippen LogP contribution in [0, 0.1) is 23.7 Å². The van der Waals surface area contributed by atoms with Crippen LogP contribution in [0.25, 0.3) is 0 Å². The van der Waals surface area contributed by atoms with Crippen molar-refractivity contribution in [3.05, 3.63) is 30.4 Å². The van der Waals surface area contributed by atoms with Gasteiger partial charge in [-0.05, 0) is 18.3 Å². The topological polar surface area (TPSA) is 84.2 Å². The highest BCUT2D eigenvalue weighted by Crippen LogP contribution is 2.48. The molecule has 0 aromatic carbocycles. The number of carboxylic acids is 1. The number of rotatable bonds is 5. The molecule has 1 heterocycles. The molecule has 6 nitrogen and oxygen atoms in total. The summed E-state index contributed by atoms with van der Waals surface area (Å²) in [6.07, 6.45) is 8.95. The van der Waals surface area contributed by atoms with Crippen molar-refractivity contribution >= 4 is 11.9 Å². The lowest BCUT2D eigenvalue weighted by Crippen LogP contribution is -2.40. The lowest BCUT2D eigenvalue weighted by atomic mass is 9.82. The molecule has 0 saturated heterocycles. The van der Waals surface area contributed by atoms with Crippen LogP contribution < -0.4 is 5.32 Å². The molecule has 2 aliphatic carbocycles. The number of allylic oxidation sites excluding steroid dienone is 2. The van der Waals surface area contributed by atoms with Gasteiger partial charge in [-0.15, -0.1) is 0 Å². The van der Waals surface area contributed by atoms with Crippen molar-refractivity contribution in [3.63, 3.8) is 0 Å². The number of hydrogen-bond acceptors (Lipinski definition) is 3. The number of carboxylic acid groups (broad SMARTS) is 1. The van der Waals surface area contributed by atoms with Crippen LogP contribution in [0.1, 0.15) is 12.2 Å². The summed E-state index contributed by atoms with van der Waals surface area (Å²) in [5.74, 6) is -1.03. The van der Waals surface area contributed by atoms with Crippen molar-refractivity contribution in [1.29, 1.82) is 0 Å². The largest absolute Gasteiger partial charge is 0.481 e. The van der Waals surface area contributed by atoms with E-state index in [1.807, 2.05) is 30.0 Å². The van der Waals surface area contributed by atoms with Gasteiger partial charge in [-0.2, -0.15) is 0 Å². The summed E-state index contributed by atoms with van der Waals surface area (Å²) in [6, 6.07) is 0. The molecular weight excluding hydrogens is 270 g/mol. The number of fused-ring (bicyclic) bond motifs is 2. The van der Waals surface area contributed by atoms with E-state index in [-0.39, 0.29) is 17.7 Å². The van der Waals surface area contributed by atoms with Crippen molar-refractivity contribution in [2.75, 3.05) is 6.54 Å². The van der Waals surface area contributed by atoms with Crippen LogP contribution in [0.4, 0.5) is 0 Å². The normalized spacial score (nSPS) is 29.8. The first-order valence-corrected chi connectivity index (χ1v) is 7.23. The van der Waals surface area contributed by atoms with E-state index in [1.54, 1.807) is 6.20 Å². The molecule has 1 aromatic heterocycles. The average molecular weight is 289 g/mol. The molecule has 1 amide bonds. The van der Waals surface area contributed by atoms with Crippen molar-refractivity contribution < 1.29 is 14.7 Å². The third kappa shape index (κ3) is 2.46. The van der Waals surface area contributed by atoms with Crippen LogP contribution >= 0.6 is 0 Å². The van der Waals surface area contributed by atoms with E-state index in [2.05, 4.69) is 10.3 Å². The quantitative estimate of drug-likeness (QED) is 0.778. The molecule has 0 aliphatic heterocycles. The molecule has 6 heteroatoms. The third-order valence-electron chi connectivity index (χ3n) is 4.62. The first-order valence-electron chi connectivity index (χ1n) is 7.23. The molecule has 2 aliphatic rings. The monoisotopic (exact) mass is 289 g/mol. The molecule has 112 valence electrons. The lowest BCUT2D eigenvalue weighted by molar-refractivity contribution is -0.147. The fraction of sp³-hybridized carbons (Fsp3) is 0.533. The van der Waals surface area contributed by atoms with Gasteiger partial charge in [-0.1, -0.05) is 12.2 Å². The first kappa shape index (κ1) is 13.9. The second-order valence-electron chi connectivity index (χ2n) is 5.83. The molecule has 0 radical (unpaired) electrons. The van der Waals surface area contributed by atoms with Crippen LogP contribution in [0.5, 0.6) is 0 Å². The van der Waals surface area contributed by atoms with Gasteiger partial charge in [0.25, 0.3) is 0 Å². The number of carbonyl (C=O) groups is 2. The number of hydrogen-bond donors (Lipinski definition) is 2. The molecule has 1 aromatic rings. The summed E-state index contributed by atoms with van der Waals surface area (Å²) in [7, 11) is 1.91. The number of nitrogens with zero attached hydrogens (tertiary/aromatic N) is 2. The number of aryl methyl sites for hydroxylation is 1. The van der Waals surface area contributed by atoms with Crippen LogP contribution in [-0.4, -0.2) is 33.1 Å². The Morgan fingerprint density at radius 3 is 2.71 bits per heavy atom. The van der Waals surface area contributed by atoms with Gasteiger partial charge in [-0.25, -0.2) is 4.98 Å². The highest BCUT2D eigenvalue weighted by molar-refractivity contribution is 5.86. The standard InChI is InChI=1S/C15H19N3O3/c1-18-7-6-16-11(18)4-5-17-14(19)12-9-2-3-10(8-9)13(12)15(20)21/h2-3,6-7,9-10,12-13H,4-5,8H2,1H3,(H,17,19)(H,20,21). The molecular formula is C15H19N3O3. The minimum absolute atomic E-state index is 0.0118. The number of carbonyl (C=O) groups excluding carboxylic acids is 1. The van der Waals surface area contributed by atoms with E-state index < -0.39 is 17.8 Å². The Labute approximate surface area is 122 Å². The molecule has 2 N–H and O–H groups in total. The molecule has 21 heavy (non-hydrogen) atoms. The molecule has 2 bridgehead atoms. The van der Waals surface area contributed by atoms with Crippen LogP contribution in [0.3, 0.4) is 0 Å². The van der Waals surface area contributed by atoms with Gasteiger partial charge in [0.2, 0.25) is 5.91 Å². The van der Waals surface area contributed by atoms with Crippen LogP contribution in [0.15, 0.2) is 24.5 Å². The van der Waals surface area contributed by atoms with Crippen molar-refractivity contribution in [3.8, 4) is 0 Å². The predicted octanol–water partition coefficient (Wildman–Crippen LogP) is 0.602.